The Hall–Kier alpha value is -2.69. The van der Waals surface area contributed by atoms with Crippen LogP contribution in [0.4, 0.5) is 5.69 Å². The molecule has 1 aromatic carbocycles. The standard InChI is InChI=1S/C22H27N3O2/c26-21(13-12-17-7-2-1-3-8-17)24-16-18-9-4-5-11-20(18)25-22(27)19-10-6-14-23-15-19/h4-6,9-11,14-15,17H,1-3,7-8,12-13,16H2,(H,24,26)(H,25,27). The molecule has 142 valence electrons. The monoisotopic (exact) mass is 365 g/mol. The molecule has 27 heavy (non-hydrogen) atoms. The van der Waals surface area contributed by atoms with Crippen molar-refractivity contribution in [1.82, 2.24) is 10.3 Å². The number of amides is 2. The summed E-state index contributed by atoms with van der Waals surface area (Å²) in [6.45, 7) is 0.410. The van der Waals surface area contributed by atoms with Gasteiger partial charge in [-0.25, -0.2) is 0 Å². The molecule has 0 atom stereocenters. The summed E-state index contributed by atoms with van der Waals surface area (Å²) < 4.78 is 0. The fourth-order valence-electron chi connectivity index (χ4n) is 3.58. The van der Waals surface area contributed by atoms with Gasteiger partial charge in [0.15, 0.2) is 0 Å². The minimum Gasteiger partial charge on any atom is -0.352 e. The van der Waals surface area contributed by atoms with E-state index in [-0.39, 0.29) is 11.8 Å². The maximum absolute atomic E-state index is 12.3. The number of anilines is 1. The molecule has 0 unspecified atom stereocenters. The topological polar surface area (TPSA) is 71.1 Å². The van der Waals surface area contributed by atoms with Crippen molar-refractivity contribution >= 4 is 17.5 Å². The highest BCUT2D eigenvalue weighted by atomic mass is 16.2. The molecule has 3 rings (SSSR count). The summed E-state index contributed by atoms with van der Waals surface area (Å²) >= 11 is 0. The first-order valence-electron chi connectivity index (χ1n) is 9.78. The Balaban J connectivity index is 1.51. The molecule has 0 saturated heterocycles. The van der Waals surface area contributed by atoms with Crippen molar-refractivity contribution in [3.63, 3.8) is 0 Å². The van der Waals surface area contributed by atoms with Gasteiger partial charge in [-0.3, -0.25) is 14.6 Å². The summed E-state index contributed by atoms with van der Waals surface area (Å²) in [4.78, 5) is 28.5. The van der Waals surface area contributed by atoms with Gasteiger partial charge in [0.05, 0.1) is 5.56 Å². The van der Waals surface area contributed by atoms with Crippen molar-refractivity contribution in [2.24, 2.45) is 5.92 Å². The highest BCUT2D eigenvalue weighted by Crippen LogP contribution is 2.27. The number of hydrogen-bond acceptors (Lipinski definition) is 3. The Bertz CT molecular complexity index is 755. The number of nitrogens with one attached hydrogen (secondary N) is 2. The molecular formula is C22H27N3O2. The summed E-state index contributed by atoms with van der Waals surface area (Å²) in [6.07, 6.45) is 11.2. The smallest absolute Gasteiger partial charge is 0.257 e. The van der Waals surface area contributed by atoms with Gasteiger partial charge < -0.3 is 10.6 Å². The third-order valence-corrected chi connectivity index (χ3v) is 5.17. The Labute approximate surface area is 160 Å². The van der Waals surface area contributed by atoms with Crippen molar-refractivity contribution in [2.45, 2.75) is 51.5 Å². The van der Waals surface area contributed by atoms with E-state index in [4.69, 9.17) is 0 Å². The highest BCUT2D eigenvalue weighted by Gasteiger charge is 2.15. The molecule has 1 aromatic heterocycles. The van der Waals surface area contributed by atoms with Crippen LogP contribution in [-0.4, -0.2) is 16.8 Å². The molecule has 1 aliphatic carbocycles. The van der Waals surface area contributed by atoms with Crippen molar-refractivity contribution in [3.8, 4) is 0 Å². The average Bonchev–Trinajstić information content (AvgIpc) is 2.73. The van der Waals surface area contributed by atoms with Crippen LogP contribution in [0.25, 0.3) is 0 Å². The molecule has 2 aromatic rings. The van der Waals surface area contributed by atoms with Crippen molar-refractivity contribution in [3.05, 3.63) is 59.9 Å². The second-order valence-corrected chi connectivity index (χ2v) is 7.17. The average molecular weight is 365 g/mol. The van der Waals surface area contributed by atoms with E-state index in [1.165, 1.54) is 38.3 Å². The first-order valence-corrected chi connectivity index (χ1v) is 9.78. The Kier molecular flexibility index (Phi) is 6.97. The fourth-order valence-corrected chi connectivity index (χ4v) is 3.58. The zero-order valence-electron chi connectivity index (χ0n) is 15.6. The maximum Gasteiger partial charge on any atom is 0.257 e. The molecular weight excluding hydrogens is 338 g/mol. The third kappa shape index (κ3) is 5.91. The summed E-state index contributed by atoms with van der Waals surface area (Å²) in [7, 11) is 0. The number of benzene rings is 1. The van der Waals surface area contributed by atoms with Crippen LogP contribution in [0.3, 0.4) is 0 Å². The molecule has 0 spiro atoms. The molecule has 5 heteroatoms. The quantitative estimate of drug-likeness (QED) is 0.768. The van der Waals surface area contributed by atoms with Crippen LogP contribution in [0.1, 0.15) is 60.9 Å². The normalized spacial score (nSPS) is 14.5. The number of nitrogens with zero attached hydrogens (tertiary/aromatic N) is 1. The molecule has 0 radical (unpaired) electrons. The molecule has 2 amide bonds. The van der Waals surface area contributed by atoms with Gasteiger partial charge in [0.2, 0.25) is 5.91 Å². The van der Waals surface area contributed by atoms with Gasteiger partial charge in [-0.1, -0.05) is 50.3 Å². The summed E-state index contributed by atoms with van der Waals surface area (Å²) in [5, 5.41) is 5.89. The van der Waals surface area contributed by atoms with E-state index < -0.39 is 0 Å². The van der Waals surface area contributed by atoms with Crippen LogP contribution in [-0.2, 0) is 11.3 Å². The van der Waals surface area contributed by atoms with E-state index >= 15 is 0 Å². The lowest BCUT2D eigenvalue weighted by Crippen LogP contribution is -2.24. The highest BCUT2D eigenvalue weighted by molar-refractivity contribution is 6.04. The van der Waals surface area contributed by atoms with Crippen LogP contribution < -0.4 is 10.6 Å². The Morgan fingerprint density at radius 2 is 1.85 bits per heavy atom. The van der Waals surface area contributed by atoms with Crippen molar-refractivity contribution in [1.29, 1.82) is 0 Å². The lowest BCUT2D eigenvalue weighted by molar-refractivity contribution is -0.121. The van der Waals surface area contributed by atoms with Gasteiger partial charge in [0.25, 0.3) is 5.91 Å². The Morgan fingerprint density at radius 1 is 1.04 bits per heavy atom. The number of carbonyl (C=O) groups is 2. The fraction of sp³-hybridized carbons (Fsp3) is 0.409. The number of aromatic nitrogens is 1. The minimum atomic E-state index is -0.209. The Morgan fingerprint density at radius 3 is 2.63 bits per heavy atom. The van der Waals surface area contributed by atoms with Crippen LogP contribution in [0, 0.1) is 5.92 Å². The van der Waals surface area contributed by atoms with E-state index in [9.17, 15) is 9.59 Å². The molecule has 2 N–H and O–H groups in total. The summed E-state index contributed by atoms with van der Waals surface area (Å²) in [5.41, 5.74) is 2.10. The zero-order valence-corrected chi connectivity index (χ0v) is 15.6. The number of hydrogen-bond donors (Lipinski definition) is 2. The predicted molar refractivity (Wildman–Crippen MR) is 106 cm³/mol. The maximum atomic E-state index is 12.3. The van der Waals surface area contributed by atoms with Gasteiger partial charge >= 0.3 is 0 Å². The van der Waals surface area contributed by atoms with Crippen LogP contribution in [0.2, 0.25) is 0 Å². The SMILES string of the molecule is O=C(CCC1CCCCC1)NCc1ccccc1NC(=O)c1cccnc1. The largest absolute Gasteiger partial charge is 0.352 e. The van der Waals surface area contributed by atoms with Crippen LogP contribution in [0.5, 0.6) is 0 Å². The lowest BCUT2D eigenvalue weighted by Gasteiger charge is -2.21. The number of rotatable bonds is 7. The van der Waals surface area contributed by atoms with E-state index in [2.05, 4.69) is 15.6 Å². The second-order valence-electron chi connectivity index (χ2n) is 7.17. The van der Waals surface area contributed by atoms with E-state index in [0.29, 0.717) is 30.1 Å². The third-order valence-electron chi connectivity index (χ3n) is 5.17. The molecule has 0 aliphatic heterocycles. The van der Waals surface area contributed by atoms with Gasteiger partial charge in [-0.15, -0.1) is 0 Å². The molecule has 1 heterocycles. The molecule has 1 saturated carbocycles. The summed E-state index contributed by atoms with van der Waals surface area (Å²) in [5.74, 6) is 0.573. The first-order chi connectivity index (χ1) is 13.2. The number of pyridine rings is 1. The van der Waals surface area contributed by atoms with Gasteiger partial charge in [0, 0.05) is 31.0 Å². The number of para-hydroxylation sites is 1. The van der Waals surface area contributed by atoms with Gasteiger partial charge in [0.1, 0.15) is 0 Å². The van der Waals surface area contributed by atoms with Crippen molar-refractivity contribution in [2.75, 3.05) is 5.32 Å². The molecule has 1 aliphatic rings. The molecule has 0 bridgehead atoms. The van der Waals surface area contributed by atoms with Gasteiger partial charge in [-0.2, -0.15) is 0 Å². The van der Waals surface area contributed by atoms with E-state index in [0.717, 1.165) is 12.0 Å². The molecule has 1 fully saturated rings. The second kappa shape index (κ2) is 9.86. The van der Waals surface area contributed by atoms with Gasteiger partial charge in [-0.05, 0) is 36.1 Å². The van der Waals surface area contributed by atoms with Crippen molar-refractivity contribution < 1.29 is 9.59 Å². The number of carbonyl (C=O) groups excluding carboxylic acids is 2. The summed E-state index contributed by atoms with van der Waals surface area (Å²) in [6, 6.07) is 11.0. The lowest BCUT2D eigenvalue weighted by atomic mass is 9.86. The van der Waals surface area contributed by atoms with Crippen LogP contribution >= 0.6 is 0 Å². The van der Waals surface area contributed by atoms with Crippen LogP contribution in [0.15, 0.2) is 48.8 Å². The predicted octanol–water partition coefficient (Wildman–Crippen LogP) is 4.31. The molecule has 5 nitrogen and oxygen atoms in total. The minimum absolute atomic E-state index is 0.0777. The van der Waals surface area contributed by atoms with E-state index in [1.54, 1.807) is 18.3 Å². The van der Waals surface area contributed by atoms with E-state index in [1.807, 2.05) is 24.3 Å². The first kappa shape index (κ1) is 19.1. The zero-order chi connectivity index (χ0) is 18.9.